The number of ketones is 1. The van der Waals surface area contributed by atoms with E-state index in [2.05, 4.69) is 11.2 Å². The summed E-state index contributed by atoms with van der Waals surface area (Å²) in [5.41, 5.74) is 1.91. The van der Waals surface area contributed by atoms with Crippen molar-refractivity contribution < 1.29 is 9.53 Å². The van der Waals surface area contributed by atoms with Gasteiger partial charge in [-0.05, 0) is 51.2 Å². The second kappa shape index (κ2) is 5.64. The topological polar surface area (TPSA) is 44.1 Å². The van der Waals surface area contributed by atoms with Crippen LogP contribution in [0.3, 0.4) is 0 Å². The molecule has 3 rings (SSSR count). The molecule has 0 bridgehead atoms. The molecule has 21 heavy (non-hydrogen) atoms. The van der Waals surface area contributed by atoms with Crippen LogP contribution in [0, 0.1) is 0 Å². The van der Waals surface area contributed by atoms with Gasteiger partial charge in [-0.25, -0.2) is 0 Å². The maximum atomic E-state index is 12.9. The fourth-order valence-electron chi connectivity index (χ4n) is 2.82. The van der Waals surface area contributed by atoms with Crippen molar-refractivity contribution in [1.29, 1.82) is 0 Å². The molecule has 0 aromatic carbocycles. The van der Waals surface area contributed by atoms with E-state index in [0.717, 1.165) is 17.7 Å². The lowest BCUT2D eigenvalue weighted by molar-refractivity contribution is 0.102. The Kier molecular flexibility index (Phi) is 3.85. The third-order valence-electron chi connectivity index (χ3n) is 3.91. The van der Waals surface area contributed by atoms with E-state index in [1.54, 1.807) is 29.3 Å². The van der Waals surface area contributed by atoms with E-state index in [4.69, 9.17) is 4.74 Å². The van der Waals surface area contributed by atoms with Gasteiger partial charge in [-0.1, -0.05) is 0 Å². The van der Waals surface area contributed by atoms with Gasteiger partial charge in [0.25, 0.3) is 0 Å². The van der Waals surface area contributed by atoms with Crippen LogP contribution in [0.1, 0.15) is 58.5 Å². The van der Waals surface area contributed by atoms with Gasteiger partial charge in [-0.15, -0.1) is 11.3 Å². The van der Waals surface area contributed by atoms with E-state index in [-0.39, 0.29) is 11.8 Å². The highest BCUT2D eigenvalue weighted by molar-refractivity contribution is 7.14. The number of aryl methyl sites for hydroxylation is 2. The summed E-state index contributed by atoms with van der Waals surface area (Å²) in [6.07, 6.45) is 6.29. The number of carbonyl (C=O) groups excluding carboxylic acids is 1. The minimum Gasteiger partial charge on any atom is -0.493 e. The highest BCUT2D eigenvalue weighted by Gasteiger charge is 2.25. The molecule has 1 aliphatic rings. The Morgan fingerprint density at radius 2 is 2.14 bits per heavy atom. The SMILES string of the molecule is COc1cnn(C(C)C)c1C(=O)c1cc2c(s1)CCCC2. The Balaban J connectivity index is 2.02. The molecular weight excluding hydrogens is 284 g/mol. The fraction of sp³-hybridized carbons (Fsp3) is 0.500. The summed E-state index contributed by atoms with van der Waals surface area (Å²) >= 11 is 1.64. The number of hydrogen-bond donors (Lipinski definition) is 0. The Bertz CT molecular complexity index is 646. The van der Waals surface area contributed by atoms with Crippen LogP contribution in [-0.2, 0) is 12.8 Å². The summed E-state index contributed by atoms with van der Waals surface area (Å²) in [6.45, 7) is 4.03. The molecule has 0 fully saturated rings. The highest BCUT2D eigenvalue weighted by Crippen LogP contribution is 2.33. The molecule has 0 amide bonds. The molecule has 0 radical (unpaired) electrons. The van der Waals surface area contributed by atoms with Crippen molar-refractivity contribution in [2.75, 3.05) is 7.11 Å². The monoisotopic (exact) mass is 304 g/mol. The Morgan fingerprint density at radius 1 is 1.38 bits per heavy atom. The number of thiophene rings is 1. The number of hydrogen-bond acceptors (Lipinski definition) is 4. The molecule has 0 N–H and O–H groups in total. The Labute approximate surface area is 128 Å². The molecule has 5 heteroatoms. The van der Waals surface area contributed by atoms with Gasteiger partial charge in [0.05, 0.1) is 18.2 Å². The summed E-state index contributed by atoms with van der Waals surface area (Å²) in [6, 6.07) is 2.20. The van der Waals surface area contributed by atoms with Gasteiger partial charge in [-0.2, -0.15) is 5.10 Å². The average Bonchev–Trinajstić information content (AvgIpc) is 3.09. The number of nitrogens with zero attached hydrogens (tertiary/aromatic N) is 2. The van der Waals surface area contributed by atoms with E-state index >= 15 is 0 Å². The quantitative estimate of drug-likeness (QED) is 0.810. The molecule has 2 aromatic heterocycles. The molecule has 112 valence electrons. The maximum Gasteiger partial charge on any atom is 0.224 e. The fourth-order valence-corrected chi connectivity index (χ4v) is 4.02. The average molecular weight is 304 g/mol. The standard InChI is InChI=1S/C16H20N2O2S/c1-10(2)18-15(12(20-3)9-17-18)16(19)14-8-11-6-4-5-7-13(11)21-14/h8-10H,4-7H2,1-3H3. The zero-order valence-corrected chi connectivity index (χ0v) is 13.5. The van der Waals surface area contributed by atoms with Gasteiger partial charge in [0.15, 0.2) is 11.4 Å². The van der Waals surface area contributed by atoms with Gasteiger partial charge in [0.2, 0.25) is 5.78 Å². The normalized spacial score (nSPS) is 14.3. The van der Waals surface area contributed by atoms with Crippen molar-refractivity contribution in [2.24, 2.45) is 0 Å². The lowest BCUT2D eigenvalue weighted by Crippen LogP contribution is -2.13. The second-order valence-corrected chi connectivity index (χ2v) is 6.83. The smallest absolute Gasteiger partial charge is 0.224 e. The third-order valence-corrected chi connectivity index (χ3v) is 5.14. The summed E-state index contributed by atoms with van der Waals surface area (Å²) in [7, 11) is 1.58. The Morgan fingerprint density at radius 3 is 2.81 bits per heavy atom. The number of aromatic nitrogens is 2. The van der Waals surface area contributed by atoms with Gasteiger partial charge < -0.3 is 4.74 Å². The minimum absolute atomic E-state index is 0.0254. The molecular formula is C16H20N2O2S. The van der Waals surface area contributed by atoms with E-state index < -0.39 is 0 Å². The molecule has 2 heterocycles. The number of methoxy groups -OCH3 is 1. The minimum atomic E-state index is 0.0254. The Hall–Kier alpha value is -1.62. The molecule has 1 aliphatic carbocycles. The number of fused-ring (bicyclic) bond motifs is 1. The van der Waals surface area contributed by atoms with Crippen LogP contribution < -0.4 is 4.74 Å². The van der Waals surface area contributed by atoms with Crippen LogP contribution in [0.4, 0.5) is 0 Å². The summed E-state index contributed by atoms with van der Waals surface area (Å²) in [5.74, 6) is 0.581. The lowest BCUT2D eigenvalue weighted by atomic mass is 9.99. The van der Waals surface area contributed by atoms with Gasteiger partial charge >= 0.3 is 0 Å². The summed E-state index contributed by atoms with van der Waals surface area (Å²) in [4.78, 5) is 15.1. The first-order valence-corrected chi connectivity index (χ1v) is 8.21. The lowest BCUT2D eigenvalue weighted by Gasteiger charge is -2.10. The van der Waals surface area contributed by atoms with Crippen molar-refractivity contribution in [3.8, 4) is 5.75 Å². The first-order chi connectivity index (χ1) is 10.1. The van der Waals surface area contributed by atoms with Crippen molar-refractivity contribution >= 4 is 17.1 Å². The van der Waals surface area contributed by atoms with Crippen molar-refractivity contribution in [3.05, 3.63) is 33.3 Å². The summed E-state index contributed by atoms with van der Waals surface area (Å²) < 4.78 is 7.07. The number of ether oxygens (including phenoxy) is 1. The zero-order chi connectivity index (χ0) is 15.0. The first-order valence-electron chi connectivity index (χ1n) is 7.39. The van der Waals surface area contributed by atoms with Crippen LogP contribution in [0.2, 0.25) is 0 Å². The van der Waals surface area contributed by atoms with Gasteiger partial charge in [0.1, 0.15) is 0 Å². The van der Waals surface area contributed by atoms with Gasteiger partial charge in [0, 0.05) is 10.9 Å². The molecule has 2 aromatic rings. The van der Waals surface area contributed by atoms with E-state index in [9.17, 15) is 4.79 Å². The van der Waals surface area contributed by atoms with Crippen LogP contribution in [0.5, 0.6) is 5.75 Å². The third kappa shape index (κ3) is 2.50. The summed E-state index contributed by atoms with van der Waals surface area (Å²) in [5, 5.41) is 4.29. The molecule has 0 spiro atoms. The molecule has 0 aliphatic heterocycles. The molecule has 0 saturated heterocycles. The van der Waals surface area contributed by atoms with E-state index in [1.165, 1.54) is 23.3 Å². The molecule has 0 atom stereocenters. The van der Waals surface area contributed by atoms with Crippen LogP contribution in [0.15, 0.2) is 12.3 Å². The van der Waals surface area contributed by atoms with E-state index in [1.807, 2.05) is 13.8 Å². The van der Waals surface area contributed by atoms with E-state index in [0.29, 0.717) is 11.4 Å². The predicted molar refractivity (Wildman–Crippen MR) is 83.6 cm³/mol. The van der Waals surface area contributed by atoms with Crippen molar-refractivity contribution in [2.45, 2.75) is 45.6 Å². The molecule has 0 unspecified atom stereocenters. The molecule has 4 nitrogen and oxygen atoms in total. The van der Waals surface area contributed by atoms with Gasteiger partial charge in [-0.3, -0.25) is 9.48 Å². The second-order valence-electron chi connectivity index (χ2n) is 5.70. The van der Waals surface area contributed by atoms with Crippen molar-refractivity contribution in [3.63, 3.8) is 0 Å². The van der Waals surface area contributed by atoms with Crippen LogP contribution in [0.25, 0.3) is 0 Å². The number of carbonyl (C=O) groups is 1. The molecule has 0 saturated carbocycles. The highest BCUT2D eigenvalue weighted by atomic mass is 32.1. The van der Waals surface area contributed by atoms with Crippen molar-refractivity contribution in [1.82, 2.24) is 9.78 Å². The maximum absolute atomic E-state index is 12.9. The first kappa shape index (κ1) is 14.3. The van der Waals surface area contributed by atoms with Crippen LogP contribution >= 0.6 is 11.3 Å². The largest absolute Gasteiger partial charge is 0.493 e. The zero-order valence-electron chi connectivity index (χ0n) is 12.7. The number of rotatable bonds is 4. The predicted octanol–water partition coefficient (Wildman–Crippen LogP) is 3.64. The van der Waals surface area contributed by atoms with Crippen LogP contribution in [-0.4, -0.2) is 22.7 Å².